The van der Waals surface area contributed by atoms with Crippen LogP contribution in [0, 0.1) is 0 Å². The van der Waals surface area contributed by atoms with Crippen LogP contribution in [0.3, 0.4) is 0 Å². The Morgan fingerprint density at radius 3 is 2.46 bits per heavy atom. The van der Waals surface area contributed by atoms with Crippen LogP contribution in [0.25, 0.3) is 5.69 Å². The van der Waals surface area contributed by atoms with Crippen molar-refractivity contribution >= 4 is 6.03 Å². The number of carbonyl (C=O) groups excluding carboxylic acids is 1. The van der Waals surface area contributed by atoms with E-state index in [4.69, 9.17) is 4.74 Å². The van der Waals surface area contributed by atoms with Gasteiger partial charge in [-0.15, -0.1) is 0 Å². The number of rotatable bonds is 7. The molecule has 0 saturated carbocycles. The molecule has 28 heavy (non-hydrogen) atoms. The van der Waals surface area contributed by atoms with E-state index in [1.165, 1.54) is 0 Å². The van der Waals surface area contributed by atoms with E-state index in [1.807, 2.05) is 79.2 Å². The Morgan fingerprint density at radius 2 is 1.82 bits per heavy atom. The van der Waals surface area contributed by atoms with Crippen LogP contribution in [-0.2, 0) is 6.42 Å². The molecule has 1 aromatic heterocycles. The van der Waals surface area contributed by atoms with Crippen LogP contribution < -0.4 is 15.4 Å². The number of ether oxygens (including phenoxy) is 1. The molecule has 0 fully saturated rings. The van der Waals surface area contributed by atoms with Crippen molar-refractivity contribution in [3.05, 3.63) is 78.4 Å². The molecule has 1 heterocycles. The van der Waals surface area contributed by atoms with Crippen molar-refractivity contribution in [2.24, 2.45) is 0 Å². The number of aromatic nitrogens is 2. The van der Waals surface area contributed by atoms with Gasteiger partial charge < -0.3 is 19.9 Å². The summed E-state index contributed by atoms with van der Waals surface area (Å²) in [7, 11) is 1.61. The number of nitrogens with zero attached hydrogens (tertiary/aromatic N) is 2. The number of carbonyl (C=O) groups is 1. The highest BCUT2D eigenvalue weighted by Crippen LogP contribution is 2.23. The molecule has 0 aliphatic heterocycles. The topological polar surface area (TPSA) is 68.2 Å². The minimum atomic E-state index is -0.274. The minimum absolute atomic E-state index is 0.127. The Kier molecular flexibility index (Phi) is 6.32. The standard InChI is InChI=1S/C22H26N4O2/c1-16(2)28-19-11-9-18(10-12-19)26-14-13-24-21(26)20(25-22(27)23-3)15-17-7-5-4-6-8-17/h4-14,16,20H,15H2,1-3H3,(H2,23,25,27). The zero-order valence-electron chi connectivity index (χ0n) is 16.4. The molecule has 1 atom stereocenters. The number of imidazole rings is 1. The normalized spacial score (nSPS) is 11.9. The Labute approximate surface area is 165 Å². The highest BCUT2D eigenvalue weighted by molar-refractivity contribution is 5.74. The van der Waals surface area contributed by atoms with Gasteiger partial charge in [-0.25, -0.2) is 9.78 Å². The highest BCUT2D eigenvalue weighted by Gasteiger charge is 2.20. The third kappa shape index (κ3) is 4.91. The third-order valence-electron chi connectivity index (χ3n) is 4.28. The van der Waals surface area contributed by atoms with Crippen LogP contribution in [0.1, 0.15) is 31.3 Å². The summed E-state index contributed by atoms with van der Waals surface area (Å²) in [4.78, 5) is 16.6. The van der Waals surface area contributed by atoms with Gasteiger partial charge in [-0.2, -0.15) is 0 Å². The van der Waals surface area contributed by atoms with Gasteiger partial charge in [0.1, 0.15) is 11.6 Å². The van der Waals surface area contributed by atoms with E-state index in [9.17, 15) is 4.79 Å². The van der Waals surface area contributed by atoms with E-state index < -0.39 is 0 Å². The Morgan fingerprint density at radius 1 is 1.11 bits per heavy atom. The van der Waals surface area contributed by atoms with Gasteiger partial charge >= 0.3 is 6.03 Å². The lowest BCUT2D eigenvalue weighted by Gasteiger charge is -2.20. The predicted molar refractivity (Wildman–Crippen MR) is 110 cm³/mol. The van der Waals surface area contributed by atoms with Crippen LogP contribution in [0.4, 0.5) is 4.79 Å². The fraction of sp³-hybridized carbons (Fsp3) is 0.273. The Bertz CT molecular complexity index is 888. The maximum atomic E-state index is 12.0. The number of amides is 2. The molecule has 146 valence electrons. The molecule has 3 aromatic rings. The molecular weight excluding hydrogens is 352 g/mol. The summed E-state index contributed by atoms with van der Waals surface area (Å²) < 4.78 is 7.71. The largest absolute Gasteiger partial charge is 0.491 e. The van der Waals surface area contributed by atoms with E-state index >= 15 is 0 Å². The van der Waals surface area contributed by atoms with Gasteiger partial charge in [-0.1, -0.05) is 30.3 Å². The molecule has 2 aromatic carbocycles. The van der Waals surface area contributed by atoms with Crippen molar-refractivity contribution in [1.29, 1.82) is 0 Å². The first-order chi connectivity index (χ1) is 13.6. The maximum Gasteiger partial charge on any atom is 0.315 e. The molecule has 0 spiro atoms. The molecule has 6 heteroatoms. The molecule has 0 aliphatic carbocycles. The van der Waals surface area contributed by atoms with E-state index in [-0.39, 0.29) is 18.2 Å². The first kappa shape index (κ1) is 19.5. The third-order valence-corrected chi connectivity index (χ3v) is 4.28. The first-order valence-electron chi connectivity index (χ1n) is 9.39. The van der Waals surface area contributed by atoms with Crippen LogP contribution in [-0.4, -0.2) is 28.7 Å². The van der Waals surface area contributed by atoms with E-state index in [1.54, 1.807) is 13.2 Å². The van der Waals surface area contributed by atoms with E-state index in [2.05, 4.69) is 15.6 Å². The van der Waals surface area contributed by atoms with Crippen molar-refractivity contribution < 1.29 is 9.53 Å². The summed E-state index contributed by atoms with van der Waals surface area (Å²) in [6, 6.07) is 17.4. The summed E-state index contributed by atoms with van der Waals surface area (Å²) in [5, 5.41) is 5.63. The number of urea groups is 1. The van der Waals surface area contributed by atoms with Crippen molar-refractivity contribution in [1.82, 2.24) is 20.2 Å². The molecule has 0 aliphatic rings. The molecule has 2 amide bonds. The molecule has 0 bridgehead atoms. The fourth-order valence-corrected chi connectivity index (χ4v) is 3.04. The number of nitrogens with one attached hydrogen (secondary N) is 2. The van der Waals surface area contributed by atoms with Gasteiger partial charge in [0.2, 0.25) is 0 Å². The molecule has 0 saturated heterocycles. The average molecular weight is 378 g/mol. The second-order valence-corrected chi connectivity index (χ2v) is 6.78. The fourth-order valence-electron chi connectivity index (χ4n) is 3.04. The van der Waals surface area contributed by atoms with Gasteiger partial charge in [0.25, 0.3) is 0 Å². The summed E-state index contributed by atoms with van der Waals surface area (Å²) >= 11 is 0. The van der Waals surface area contributed by atoms with Gasteiger partial charge in [-0.3, -0.25) is 0 Å². The van der Waals surface area contributed by atoms with Gasteiger partial charge in [0.15, 0.2) is 0 Å². The van der Waals surface area contributed by atoms with Crippen molar-refractivity contribution in [3.63, 3.8) is 0 Å². The van der Waals surface area contributed by atoms with Crippen LogP contribution in [0.15, 0.2) is 67.0 Å². The second-order valence-electron chi connectivity index (χ2n) is 6.78. The summed E-state index contributed by atoms with van der Waals surface area (Å²) in [5.74, 6) is 1.59. The highest BCUT2D eigenvalue weighted by atomic mass is 16.5. The lowest BCUT2D eigenvalue weighted by atomic mass is 10.1. The number of hydrogen-bond donors (Lipinski definition) is 2. The van der Waals surface area contributed by atoms with Gasteiger partial charge in [0, 0.05) is 25.1 Å². The van der Waals surface area contributed by atoms with E-state index in [0.29, 0.717) is 6.42 Å². The molecular formula is C22H26N4O2. The zero-order chi connectivity index (χ0) is 19.9. The second kappa shape index (κ2) is 9.08. The Balaban J connectivity index is 1.89. The van der Waals surface area contributed by atoms with Crippen molar-refractivity contribution in [2.75, 3.05) is 7.05 Å². The SMILES string of the molecule is CNC(=O)NC(Cc1ccccc1)c1nccn1-c1ccc(OC(C)C)cc1. The average Bonchev–Trinajstić information content (AvgIpc) is 3.18. The smallest absolute Gasteiger partial charge is 0.315 e. The zero-order valence-corrected chi connectivity index (χ0v) is 16.4. The van der Waals surface area contributed by atoms with Gasteiger partial charge in [0.05, 0.1) is 12.1 Å². The molecule has 0 radical (unpaired) electrons. The molecule has 3 rings (SSSR count). The maximum absolute atomic E-state index is 12.0. The van der Waals surface area contributed by atoms with Crippen LogP contribution in [0.5, 0.6) is 5.75 Å². The van der Waals surface area contributed by atoms with Crippen LogP contribution in [0.2, 0.25) is 0 Å². The van der Waals surface area contributed by atoms with E-state index in [0.717, 1.165) is 22.8 Å². The lowest BCUT2D eigenvalue weighted by molar-refractivity contribution is 0.238. The van der Waals surface area contributed by atoms with Crippen molar-refractivity contribution in [2.45, 2.75) is 32.4 Å². The summed E-state index contributed by atoms with van der Waals surface area (Å²) in [5.41, 5.74) is 2.08. The molecule has 2 N–H and O–H groups in total. The lowest BCUT2D eigenvalue weighted by Crippen LogP contribution is -2.37. The minimum Gasteiger partial charge on any atom is -0.491 e. The quantitative estimate of drug-likeness (QED) is 0.656. The van der Waals surface area contributed by atoms with Crippen molar-refractivity contribution in [3.8, 4) is 11.4 Å². The molecule has 1 unspecified atom stereocenters. The summed E-state index contributed by atoms with van der Waals surface area (Å²) in [6.07, 6.45) is 4.41. The first-order valence-corrected chi connectivity index (χ1v) is 9.39. The van der Waals surface area contributed by atoms with Gasteiger partial charge in [-0.05, 0) is 50.1 Å². The number of benzene rings is 2. The predicted octanol–water partition coefficient (Wildman–Crippen LogP) is 3.87. The van der Waals surface area contributed by atoms with Crippen LogP contribution >= 0.6 is 0 Å². The monoisotopic (exact) mass is 378 g/mol. The number of hydrogen-bond acceptors (Lipinski definition) is 3. The summed E-state index contributed by atoms with van der Waals surface area (Å²) in [6.45, 7) is 4.00. The molecule has 6 nitrogen and oxygen atoms in total. The Hall–Kier alpha value is -3.28.